The van der Waals surface area contributed by atoms with Crippen molar-refractivity contribution in [1.29, 1.82) is 0 Å². The summed E-state index contributed by atoms with van der Waals surface area (Å²) in [6.45, 7) is 4.12. The Hall–Kier alpha value is -2.07. The van der Waals surface area contributed by atoms with Crippen molar-refractivity contribution < 1.29 is 4.74 Å². The summed E-state index contributed by atoms with van der Waals surface area (Å²) in [5, 5.41) is 3.39. The van der Waals surface area contributed by atoms with E-state index in [9.17, 15) is 0 Å². The Kier molecular flexibility index (Phi) is 4.25. The minimum absolute atomic E-state index is 0.362. The van der Waals surface area contributed by atoms with Crippen LogP contribution in [0.4, 0.5) is 11.4 Å². The van der Waals surface area contributed by atoms with Crippen LogP contribution in [0, 0.1) is 13.8 Å². The fraction of sp³-hybridized carbons (Fsp3) is 0.188. The molecule has 3 N–H and O–H groups in total. The van der Waals surface area contributed by atoms with E-state index in [-0.39, 0.29) is 0 Å². The van der Waals surface area contributed by atoms with E-state index in [1.54, 1.807) is 7.11 Å². The van der Waals surface area contributed by atoms with Gasteiger partial charge in [0.05, 0.1) is 12.8 Å². The number of hydrogen-bond donors (Lipinski definition) is 2. The van der Waals surface area contributed by atoms with E-state index in [4.69, 9.17) is 22.7 Å². The first kappa shape index (κ1) is 14.3. The molecule has 0 unspecified atom stereocenters. The van der Waals surface area contributed by atoms with Crippen LogP contribution in [-0.2, 0) is 0 Å². The molecule has 0 aliphatic heterocycles. The molecule has 0 saturated heterocycles. The van der Waals surface area contributed by atoms with Crippen molar-refractivity contribution >= 4 is 28.6 Å². The van der Waals surface area contributed by atoms with Gasteiger partial charge in [0.2, 0.25) is 0 Å². The second-order valence-corrected chi connectivity index (χ2v) is 5.16. The second kappa shape index (κ2) is 5.92. The third kappa shape index (κ3) is 3.08. The summed E-state index contributed by atoms with van der Waals surface area (Å²) < 4.78 is 5.26. The molecule has 0 saturated carbocycles. The molecular weight excluding hydrogens is 268 g/mol. The SMILES string of the molecule is COc1ccc(C(N)=S)c(Nc2cc(C)ccc2C)c1. The lowest BCUT2D eigenvalue weighted by atomic mass is 10.1. The summed E-state index contributed by atoms with van der Waals surface area (Å²) >= 11 is 5.10. The minimum Gasteiger partial charge on any atom is -0.497 e. The fourth-order valence-electron chi connectivity index (χ4n) is 1.98. The predicted molar refractivity (Wildman–Crippen MR) is 88.1 cm³/mol. The van der Waals surface area contributed by atoms with Crippen molar-refractivity contribution in [3.05, 3.63) is 53.1 Å². The number of ether oxygens (including phenoxy) is 1. The highest BCUT2D eigenvalue weighted by Crippen LogP contribution is 2.28. The van der Waals surface area contributed by atoms with E-state index in [0.717, 1.165) is 28.3 Å². The maximum Gasteiger partial charge on any atom is 0.120 e. The molecule has 0 aromatic heterocycles. The van der Waals surface area contributed by atoms with Crippen molar-refractivity contribution in [3.63, 3.8) is 0 Å². The molecule has 104 valence electrons. The molecule has 0 aliphatic carbocycles. The van der Waals surface area contributed by atoms with E-state index in [0.29, 0.717) is 4.99 Å². The Labute approximate surface area is 124 Å². The zero-order valence-corrected chi connectivity index (χ0v) is 12.7. The van der Waals surface area contributed by atoms with Gasteiger partial charge in [-0.2, -0.15) is 0 Å². The smallest absolute Gasteiger partial charge is 0.120 e. The molecule has 20 heavy (non-hydrogen) atoms. The van der Waals surface area contributed by atoms with Gasteiger partial charge in [0.1, 0.15) is 10.7 Å². The Morgan fingerprint density at radius 2 is 1.85 bits per heavy atom. The first-order valence-electron chi connectivity index (χ1n) is 6.33. The fourth-order valence-corrected chi connectivity index (χ4v) is 2.16. The molecule has 0 bridgehead atoms. The molecule has 2 rings (SSSR count). The third-order valence-corrected chi connectivity index (χ3v) is 3.37. The number of methoxy groups -OCH3 is 1. The minimum atomic E-state index is 0.362. The number of rotatable bonds is 4. The molecule has 0 atom stereocenters. The molecular formula is C16H18N2OS. The highest BCUT2D eigenvalue weighted by molar-refractivity contribution is 7.80. The van der Waals surface area contributed by atoms with Crippen molar-refractivity contribution in [2.45, 2.75) is 13.8 Å². The van der Waals surface area contributed by atoms with Gasteiger partial charge in [0.25, 0.3) is 0 Å². The highest BCUT2D eigenvalue weighted by Gasteiger charge is 2.08. The average molecular weight is 286 g/mol. The van der Waals surface area contributed by atoms with E-state index in [1.165, 1.54) is 5.56 Å². The van der Waals surface area contributed by atoms with Gasteiger partial charge in [-0.3, -0.25) is 0 Å². The molecule has 2 aromatic rings. The standard InChI is InChI=1S/C16H18N2OS/c1-10-4-5-11(2)14(8-10)18-15-9-12(19-3)6-7-13(15)16(17)20/h4-9,18H,1-3H3,(H2,17,20). The van der Waals surface area contributed by atoms with Gasteiger partial charge in [0.15, 0.2) is 0 Å². The summed E-state index contributed by atoms with van der Waals surface area (Å²) in [5.74, 6) is 0.762. The third-order valence-electron chi connectivity index (χ3n) is 3.15. The van der Waals surface area contributed by atoms with Crippen LogP contribution in [0.3, 0.4) is 0 Å². The lowest BCUT2D eigenvalue weighted by Crippen LogP contribution is -2.12. The number of hydrogen-bond acceptors (Lipinski definition) is 3. The number of thiocarbonyl (C=S) groups is 1. The number of nitrogens with one attached hydrogen (secondary N) is 1. The molecule has 0 aliphatic rings. The zero-order valence-electron chi connectivity index (χ0n) is 11.9. The van der Waals surface area contributed by atoms with E-state index < -0.39 is 0 Å². The molecule has 0 spiro atoms. The van der Waals surface area contributed by atoms with Crippen LogP contribution in [0.2, 0.25) is 0 Å². The van der Waals surface area contributed by atoms with Crippen molar-refractivity contribution in [3.8, 4) is 5.75 Å². The molecule has 2 aromatic carbocycles. The molecule has 0 fully saturated rings. The Morgan fingerprint density at radius 3 is 2.50 bits per heavy atom. The first-order valence-corrected chi connectivity index (χ1v) is 6.74. The molecule has 0 heterocycles. The number of aryl methyl sites for hydroxylation is 2. The van der Waals surface area contributed by atoms with E-state index >= 15 is 0 Å². The predicted octanol–water partition coefficient (Wildman–Crippen LogP) is 3.69. The maximum atomic E-state index is 5.78. The van der Waals surface area contributed by atoms with Gasteiger partial charge < -0.3 is 15.8 Å². The maximum absolute atomic E-state index is 5.78. The lowest BCUT2D eigenvalue weighted by Gasteiger charge is -2.15. The van der Waals surface area contributed by atoms with Crippen LogP contribution in [-0.4, -0.2) is 12.1 Å². The Balaban J connectivity index is 2.45. The van der Waals surface area contributed by atoms with Gasteiger partial charge in [-0.1, -0.05) is 24.4 Å². The lowest BCUT2D eigenvalue weighted by molar-refractivity contribution is 0.415. The largest absolute Gasteiger partial charge is 0.497 e. The summed E-state index contributed by atoms with van der Waals surface area (Å²) in [4.78, 5) is 0.362. The van der Waals surface area contributed by atoms with Gasteiger partial charge in [-0.15, -0.1) is 0 Å². The van der Waals surface area contributed by atoms with Crippen LogP contribution in [0.5, 0.6) is 5.75 Å². The summed E-state index contributed by atoms with van der Waals surface area (Å²) in [5.41, 5.74) is 10.8. The second-order valence-electron chi connectivity index (χ2n) is 4.72. The van der Waals surface area contributed by atoms with Crippen molar-refractivity contribution in [1.82, 2.24) is 0 Å². The summed E-state index contributed by atoms with van der Waals surface area (Å²) in [6.07, 6.45) is 0. The number of benzene rings is 2. The van der Waals surface area contributed by atoms with Crippen LogP contribution in [0.15, 0.2) is 36.4 Å². The van der Waals surface area contributed by atoms with E-state index in [2.05, 4.69) is 37.4 Å². The van der Waals surface area contributed by atoms with Crippen LogP contribution in [0.1, 0.15) is 16.7 Å². The molecule has 3 nitrogen and oxygen atoms in total. The van der Waals surface area contributed by atoms with Gasteiger partial charge in [0, 0.05) is 17.3 Å². The molecule has 4 heteroatoms. The topological polar surface area (TPSA) is 47.3 Å². The molecule has 0 amide bonds. The average Bonchev–Trinajstić information content (AvgIpc) is 2.42. The Bertz CT molecular complexity index is 653. The normalized spacial score (nSPS) is 10.2. The van der Waals surface area contributed by atoms with Crippen LogP contribution in [0.25, 0.3) is 0 Å². The number of anilines is 2. The first-order chi connectivity index (χ1) is 9.51. The number of nitrogens with two attached hydrogens (primary N) is 1. The van der Waals surface area contributed by atoms with Crippen LogP contribution < -0.4 is 15.8 Å². The summed E-state index contributed by atoms with van der Waals surface area (Å²) in [7, 11) is 1.64. The zero-order chi connectivity index (χ0) is 14.7. The van der Waals surface area contributed by atoms with Crippen molar-refractivity contribution in [2.75, 3.05) is 12.4 Å². The molecule has 0 radical (unpaired) electrons. The van der Waals surface area contributed by atoms with Gasteiger partial charge >= 0.3 is 0 Å². The van der Waals surface area contributed by atoms with E-state index in [1.807, 2.05) is 18.2 Å². The summed E-state index contributed by atoms with van der Waals surface area (Å²) in [6, 6.07) is 11.9. The monoisotopic (exact) mass is 286 g/mol. The van der Waals surface area contributed by atoms with Gasteiger partial charge in [-0.25, -0.2) is 0 Å². The van der Waals surface area contributed by atoms with Crippen molar-refractivity contribution in [2.24, 2.45) is 5.73 Å². The quantitative estimate of drug-likeness (QED) is 0.842. The van der Waals surface area contributed by atoms with Crippen LogP contribution >= 0.6 is 12.2 Å². The highest BCUT2D eigenvalue weighted by atomic mass is 32.1. The van der Waals surface area contributed by atoms with Gasteiger partial charge in [-0.05, 0) is 43.2 Å². The Morgan fingerprint density at radius 1 is 1.10 bits per heavy atom.